The van der Waals surface area contributed by atoms with Crippen molar-refractivity contribution in [3.8, 4) is 17.1 Å². The number of nitrogens with zero attached hydrogens (tertiary/aromatic N) is 2. The van der Waals surface area contributed by atoms with Gasteiger partial charge in [-0.1, -0.05) is 32.6 Å². The van der Waals surface area contributed by atoms with Crippen LogP contribution >= 0.6 is 0 Å². The molecule has 0 aliphatic heterocycles. The van der Waals surface area contributed by atoms with E-state index in [1.54, 1.807) is 12.4 Å². The van der Waals surface area contributed by atoms with E-state index in [0.717, 1.165) is 18.4 Å². The van der Waals surface area contributed by atoms with E-state index in [1.165, 1.54) is 49.9 Å². The summed E-state index contributed by atoms with van der Waals surface area (Å²) in [6.07, 6.45) is 5.89. The molecule has 0 unspecified atom stereocenters. The number of halogens is 3. The summed E-state index contributed by atoms with van der Waals surface area (Å²) in [5.41, 5.74) is 1.73. The van der Waals surface area contributed by atoms with Gasteiger partial charge in [-0.3, -0.25) is 0 Å². The van der Waals surface area contributed by atoms with Crippen LogP contribution < -0.4 is 4.74 Å². The first-order valence-corrected chi connectivity index (χ1v) is 8.15. The third kappa shape index (κ3) is 6.18. The van der Waals surface area contributed by atoms with Crippen molar-refractivity contribution in [2.75, 3.05) is 0 Å². The minimum Gasteiger partial charge on any atom is -0.406 e. The summed E-state index contributed by atoms with van der Waals surface area (Å²) >= 11 is 0. The van der Waals surface area contributed by atoms with Crippen molar-refractivity contribution in [3.63, 3.8) is 0 Å². The van der Waals surface area contributed by atoms with Gasteiger partial charge in [0.1, 0.15) is 5.75 Å². The van der Waals surface area contributed by atoms with Gasteiger partial charge < -0.3 is 4.74 Å². The van der Waals surface area contributed by atoms with Gasteiger partial charge in [-0.15, -0.1) is 13.2 Å². The third-order valence-electron chi connectivity index (χ3n) is 3.62. The van der Waals surface area contributed by atoms with Gasteiger partial charge in [-0.25, -0.2) is 9.97 Å². The number of hydrogen-bond donors (Lipinski definition) is 0. The molecule has 1 heterocycles. The number of benzene rings is 1. The lowest BCUT2D eigenvalue weighted by Crippen LogP contribution is -2.16. The number of aromatic nitrogens is 2. The number of rotatable bonds is 8. The predicted molar refractivity (Wildman–Crippen MR) is 86.6 cm³/mol. The topological polar surface area (TPSA) is 35.0 Å². The van der Waals surface area contributed by atoms with Crippen molar-refractivity contribution in [1.82, 2.24) is 9.97 Å². The summed E-state index contributed by atoms with van der Waals surface area (Å²) in [5.74, 6) is 0.234. The molecule has 0 fully saturated rings. The molecular weight excluding hydrogens is 317 g/mol. The zero-order valence-corrected chi connectivity index (χ0v) is 13.6. The Balaban J connectivity index is 1.90. The summed E-state index contributed by atoms with van der Waals surface area (Å²) in [6, 6.07) is 5.54. The van der Waals surface area contributed by atoms with Crippen LogP contribution in [0.5, 0.6) is 5.75 Å². The van der Waals surface area contributed by atoms with Crippen LogP contribution in [0.1, 0.15) is 44.6 Å². The molecule has 24 heavy (non-hydrogen) atoms. The maximum atomic E-state index is 12.1. The Bertz CT molecular complexity index is 610. The molecule has 130 valence electrons. The Morgan fingerprint density at radius 1 is 0.917 bits per heavy atom. The van der Waals surface area contributed by atoms with Crippen molar-refractivity contribution < 1.29 is 17.9 Å². The van der Waals surface area contributed by atoms with Crippen molar-refractivity contribution in [1.29, 1.82) is 0 Å². The fourth-order valence-electron chi connectivity index (χ4n) is 2.37. The largest absolute Gasteiger partial charge is 0.573 e. The second-order valence-electron chi connectivity index (χ2n) is 5.65. The van der Waals surface area contributed by atoms with E-state index in [1.807, 2.05) is 0 Å². The Hall–Kier alpha value is -2.11. The van der Waals surface area contributed by atoms with Crippen molar-refractivity contribution in [3.05, 3.63) is 42.2 Å². The summed E-state index contributed by atoms with van der Waals surface area (Å²) < 4.78 is 40.2. The van der Waals surface area contributed by atoms with Crippen molar-refractivity contribution >= 4 is 0 Å². The van der Waals surface area contributed by atoms with Gasteiger partial charge in [-0.05, 0) is 42.7 Å². The quantitative estimate of drug-likeness (QED) is 0.592. The minimum absolute atomic E-state index is 0.255. The fraction of sp³-hybridized carbons (Fsp3) is 0.444. The van der Waals surface area contributed by atoms with E-state index in [4.69, 9.17) is 0 Å². The zero-order chi connectivity index (χ0) is 17.4. The van der Waals surface area contributed by atoms with Crippen molar-refractivity contribution in [2.45, 2.75) is 51.8 Å². The molecule has 1 aromatic heterocycles. The Kier molecular flexibility index (Phi) is 6.58. The molecule has 0 bridgehead atoms. The van der Waals surface area contributed by atoms with Crippen molar-refractivity contribution in [2.24, 2.45) is 0 Å². The minimum atomic E-state index is -4.68. The van der Waals surface area contributed by atoms with Gasteiger partial charge in [0.15, 0.2) is 5.82 Å². The lowest BCUT2D eigenvalue weighted by atomic mass is 10.1. The van der Waals surface area contributed by atoms with Crippen LogP contribution in [0.15, 0.2) is 36.7 Å². The molecule has 0 saturated heterocycles. The number of aryl methyl sites for hydroxylation is 1. The van der Waals surface area contributed by atoms with Gasteiger partial charge in [0.25, 0.3) is 0 Å². The van der Waals surface area contributed by atoms with Crippen LogP contribution in [0, 0.1) is 0 Å². The van der Waals surface area contributed by atoms with E-state index >= 15 is 0 Å². The molecular formula is C18H21F3N2O. The smallest absolute Gasteiger partial charge is 0.406 e. The second kappa shape index (κ2) is 8.66. The van der Waals surface area contributed by atoms with E-state index < -0.39 is 6.36 Å². The summed E-state index contributed by atoms with van der Waals surface area (Å²) in [7, 11) is 0. The number of hydrogen-bond acceptors (Lipinski definition) is 3. The summed E-state index contributed by atoms with van der Waals surface area (Å²) in [4.78, 5) is 8.59. The first-order valence-electron chi connectivity index (χ1n) is 8.15. The van der Waals surface area contributed by atoms with E-state index in [0.29, 0.717) is 11.4 Å². The van der Waals surface area contributed by atoms with E-state index in [2.05, 4.69) is 21.6 Å². The van der Waals surface area contributed by atoms with E-state index in [9.17, 15) is 13.2 Å². The molecule has 0 aliphatic rings. The molecule has 2 rings (SSSR count). The average molecular weight is 338 g/mol. The van der Waals surface area contributed by atoms with Gasteiger partial charge in [-0.2, -0.15) is 0 Å². The van der Waals surface area contributed by atoms with Crippen LogP contribution in [0.4, 0.5) is 13.2 Å². The monoisotopic (exact) mass is 338 g/mol. The molecule has 0 amide bonds. The van der Waals surface area contributed by atoms with Crippen LogP contribution in [0.3, 0.4) is 0 Å². The molecule has 1 aromatic carbocycles. The standard InChI is InChI=1S/C18H21F3N2O/c1-2-3-4-5-6-7-14-12-22-17(23-13-14)15-8-10-16(11-9-15)24-18(19,20)21/h8-13H,2-7H2,1H3. The summed E-state index contributed by atoms with van der Waals surface area (Å²) in [6.45, 7) is 2.19. The third-order valence-corrected chi connectivity index (χ3v) is 3.62. The molecule has 0 saturated carbocycles. The van der Waals surface area contributed by atoms with Crippen LogP contribution in [0.2, 0.25) is 0 Å². The highest BCUT2D eigenvalue weighted by molar-refractivity contribution is 5.55. The molecule has 0 N–H and O–H groups in total. The average Bonchev–Trinajstić information content (AvgIpc) is 2.55. The van der Waals surface area contributed by atoms with Gasteiger partial charge >= 0.3 is 6.36 Å². The highest BCUT2D eigenvalue weighted by atomic mass is 19.4. The SMILES string of the molecule is CCCCCCCc1cnc(-c2ccc(OC(F)(F)F)cc2)nc1. The molecule has 6 heteroatoms. The van der Waals surface area contributed by atoms with E-state index in [-0.39, 0.29) is 5.75 Å². The van der Waals surface area contributed by atoms with Crippen LogP contribution in [-0.4, -0.2) is 16.3 Å². The molecule has 0 atom stereocenters. The molecule has 2 aromatic rings. The maximum absolute atomic E-state index is 12.1. The molecule has 0 radical (unpaired) electrons. The number of alkyl halides is 3. The van der Waals surface area contributed by atoms with Gasteiger partial charge in [0.2, 0.25) is 0 Å². The molecule has 0 aliphatic carbocycles. The highest BCUT2D eigenvalue weighted by Gasteiger charge is 2.30. The lowest BCUT2D eigenvalue weighted by molar-refractivity contribution is -0.274. The van der Waals surface area contributed by atoms with Gasteiger partial charge in [0.05, 0.1) is 0 Å². The maximum Gasteiger partial charge on any atom is 0.573 e. The Morgan fingerprint density at radius 2 is 1.54 bits per heavy atom. The first kappa shape index (κ1) is 18.2. The van der Waals surface area contributed by atoms with Crippen LogP contribution in [0.25, 0.3) is 11.4 Å². The first-order chi connectivity index (χ1) is 11.5. The number of unbranched alkanes of at least 4 members (excludes halogenated alkanes) is 4. The van der Waals surface area contributed by atoms with Crippen LogP contribution in [-0.2, 0) is 6.42 Å². The Labute approximate surface area is 139 Å². The zero-order valence-electron chi connectivity index (χ0n) is 13.6. The summed E-state index contributed by atoms with van der Waals surface area (Å²) in [5, 5.41) is 0. The van der Waals surface area contributed by atoms with Gasteiger partial charge in [0, 0.05) is 18.0 Å². The molecule has 3 nitrogen and oxygen atoms in total. The highest BCUT2D eigenvalue weighted by Crippen LogP contribution is 2.25. The lowest BCUT2D eigenvalue weighted by Gasteiger charge is -2.09. The normalized spacial score (nSPS) is 11.5. The Morgan fingerprint density at radius 3 is 2.12 bits per heavy atom. The number of ether oxygens (including phenoxy) is 1. The fourth-order valence-corrected chi connectivity index (χ4v) is 2.37. The molecule has 0 spiro atoms. The predicted octanol–water partition coefficient (Wildman–Crippen LogP) is 5.56. The second-order valence-corrected chi connectivity index (χ2v) is 5.65.